The minimum atomic E-state index is -0.496. The van der Waals surface area contributed by atoms with Gasteiger partial charge in [0.2, 0.25) is 11.8 Å². The summed E-state index contributed by atoms with van der Waals surface area (Å²) in [6.45, 7) is 4.64. The molecule has 0 aliphatic carbocycles. The second-order valence-corrected chi connectivity index (χ2v) is 4.24. The Morgan fingerprint density at radius 1 is 1.50 bits per heavy atom. The van der Waals surface area contributed by atoms with Crippen LogP contribution in [0.2, 0.25) is 0 Å². The largest absolute Gasteiger partial charge is 0.355 e. The number of hydrogen-bond donors (Lipinski definition) is 2. The first kappa shape index (κ1) is 12.5. The van der Waals surface area contributed by atoms with Crippen molar-refractivity contribution < 1.29 is 14.4 Å². The summed E-state index contributed by atoms with van der Waals surface area (Å²) in [6.07, 6.45) is 0.900. The van der Waals surface area contributed by atoms with Crippen molar-refractivity contribution in [2.75, 3.05) is 19.6 Å². The van der Waals surface area contributed by atoms with Gasteiger partial charge in [0.1, 0.15) is 13.1 Å². The predicted molar refractivity (Wildman–Crippen MR) is 57.6 cm³/mol. The first-order chi connectivity index (χ1) is 7.49. The lowest BCUT2D eigenvalue weighted by Crippen LogP contribution is -2.39. The van der Waals surface area contributed by atoms with Crippen molar-refractivity contribution >= 4 is 17.8 Å². The summed E-state index contributed by atoms with van der Waals surface area (Å²) in [6, 6.07) is -0.496. The lowest BCUT2D eigenvalue weighted by atomic mass is 10.1. The Balaban J connectivity index is 2.24. The van der Waals surface area contributed by atoms with Gasteiger partial charge in [-0.1, -0.05) is 13.8 Å². The Morgan fingerprint density at radius 3 is 2.69 bits per heavy atom. The highest BCUT2D eigenvalue weighted by molar-refractivity contribution is 6.03. The van der Waals surface area contributed by atoms with E-state index in [0.29, 0.717) is 12.5 Å². The van der Waals surface area contributed by atoms with Crippen LogP contribution in [0.15, 0.2) is 0 Å². The second kappa shape index (κ2) is 5.48. The van der Waals surface area contributed by atoms with Crippen molar-refractivity contribution in [2.24, 2.45) is 5.92 Å². The van der Waals surface area contributed by atoms with Gasteiger partial charge in [0.05, 0.1) is 0 Å². The van der Waals surface area contributed by atoms with Crippen LogP contribution >= 0.6 is 0 Å². The standard InChI is InChI=1S/C10H17N3O3/c1-7(2)3-4-11-8(14)5-13-6-9(15)12-10(13)16/h7H,3-6H2,1-2H3,(H,11,14)(H,12,15,16). The number of urea groups is 1. The van der Waals surface area contributed by atoms with Crippen LogP contribution < -0.4 is 10.6 Å². The SMILES string of the molecule is CC(C)CCNC(=O)CN1CC(=O)NC1=O. The number of hydrogen-bond acceptors (Lipinski definition) is 3. The quantitative estimate of drug-likeness (QED) is 0.633. The monoisotopic (exact) mass is 227 g/mol. The van der Waals surface area contributed by atoms with Gasteiger partial charge in [-0.05, 0) is 12.3 Å². The van der Waals surface area contributed by atoms with Crippen LogP contribution in [-0.2, 0) is 9.59 Å². The molecular weight excluding hydrogens is 210 g/mol. The number of carbonyl (C=O) groups excluding carboxylic acids is 3. The minimum Gasteiger partial charge on any atom is -0.355 e. The highest BCUT2D eigenvalue weighted by Gasteiger charge is 2.27. The maximum Gasteiger partial charge on any atom is 0.325 e. The highest BCUT2D eigenvalue weighted by atomic mass is 16.2. The van der Waals surface area contributed by atoms with Crippen molar-refractivity contribution in [3.05, 3.63) is 0 Å². The fraction of sp³-hybridized carbons (Fsp3) is 0.700. The molecule has 1 aliphatic heterocycles. The smallest absolute Gasteiger partial charge is 0.325 e. The average Bonchev–Trinajstić information content (AvgIpc) is 2.44. The Kier molecular flexibility index (Phi) is 4.28. The highest BCUT2D eigenvalue weighted by Crippen LogP contribution is 1.98. The third-order valence-electron chi connectivity index (χ3n) is 2.25. The molecule has 1 aliphatic rings. The van der Waals surface area contributed by atoms with Crippen molar-refractivity contribution in [1.29, 1.82) is 0 Å². The van der Waals surface area contributed by atoms with E-state index in [9.17, 15) is 14.4 Å². The average molecular weight is 227 g/mol. The molecule has 0 spiro atoms. The molecule has 0 aromatic rings. The van der Waals surface area contributed by atoms with Crippen molar-refractivity contribution in [3.63, 3.8) is 0 Å². The molecule has 6 nitrogen and oxygen atoms in total. The van der Waals surface area contributed by atoms with E-state index in [2.05, 4.69) is 24.5 Å². The molecule has 0 aromatic heterocycles. The molecular formula is C10H17N3O3. The molecule has 1 saturated heterocycles. The molecule has 6 heteroatoms. The summed E-state index contributed by atoms with van der Waals surface area (Å²) in [5.74, 6) is -0.0672. The van der Waals surface area contributed by atoms with E-state index >= 15 is 0 Å². The van der Waals surface area contributed by atoms with Gasteiger partial charge >= 0.3 is 6.03 Å². The summed E-state index contributed by atoms with van der Waals surface area (Å²) in [4.78, 5) is 34.5. The summed E-state index contributed by atoms with van der Waals surface area (Å²) >= 11 is 0. The topological polar surface area (TPSA) is 78.5 Å². The molecule has 0 radical (unpaired) electrons. The van der Waals surface area contributed by atoms with Gasteiger partial charge in [0.25, 0.3) is 0 Å². The summed E-state index contributed by atoms with van der Waals surface area (Å²) in [5.41, 5.74) is 0. The first-order valence-electron chi connectivity index (χ1n) is 5.34. The maximum absolute atomic E-state index is 11.4. The maximum atomic E-state index is 11.4. The Bertz CT molecular complexity index is 302. The molecule has 0 unspecified atom stereocenters. The van der Waals surface area contributed by atoms with Gasteiger partial charge in [0, 0.05) is 6.54 Å². The van der Waals surface area contributed by atoms with E-state index in [1.807, 2.05) is 0 Å². The van der Waals surface area contributed by atoms with Crippen molar-refractivity contribution in [2.45, 2.75) is 20.3 Å². The number of nitrogens with zero attached hydrogens (tertiary/aromatic N) is 1. The first-order valence-corrected chi connectivity index (χ1v) is 5.34. The molecule has 0 aromatic carbocycles. The normalized spacial score (nSPS) is 15.6. The van der Waals surface area contributed by atoms with Crippen LogP contribution in [0.3, 0.4) is 0 Å². The van der Waals surface area contributed by atoms with Crippen LogP contribution in [-0.4, -0.2) is 42.4 Å². The lowest BCUT2D eigenvalue weighted by Gasteiger charge is -2.13. The van der Waals surface area contributed by atoms with Crippen LogP contribution in [0.5, 0.6) is 0 Å². The second-order valence-electron chi connectivity index (χ2n) is 4.24. The number of carbonyl (C=O) groups is 3. The zero-order valence-corrected chi connectivity index (χ0v) is 9.58. The van der Waals surface area contributed by atoms with E-state index in [1.54, 1.807) is 0 Å². The van der Waals surface area contributed by atoms with E-state index in [0.717, 1.165) is 6.42 Å². The van der Waals surface area contributed by atoms with Gasteiger partial charge in [-0.2, -0.15) is 0 Å². The number of amides is 4. The molecule has 0 bridgehead atoms. The van der Waals surface area contributed by atoms with Gasteiger partial charge in [-0.25, -0.2) is 4.79 Å². The zero-order chi connectivity index (χ0) is 12.1. The Labute approximate surface area is 94.4 Å². The molecule has 90 valence electrons. The fourth-order valence-electron chi connectivity index (χ4n) is 1.34. The third-order valence-corrected chi connectivity index (χ3v) is 2.25. The van der Waals surface area contributed by atoms with Gasteiger partial charge in [-0.15, -0.1) is 0 Å². The van der Waals surface area contributed by atoms with E-state index in [4.69, 9.17) is 0 Å². The van der Waals surface area contributed by atoms with Crippen molar-refractivity contribution in [3.8, 4) is 0 Å². The molecule has 4 amide bonds. The Hall–Kier alpha value is -1.59. The van der Waals surface area contributed by atoms with Gasteiger partial charge in [0.15, 0.2) is 0 Å². The molecule has 1 fully saturated rings. The van der Waals surface area contributed by atoms with Crippen LogP contribution in [0.25, 0.3) is 0 Å². The number of nitrogens with one attached hydrogen (secondary N) is 2. The summed E-state index contributed by atoms with van der Waals surface area (Å²) in [5, 5.41) is 4.82. The minimum absolute atomic E-state index is 0.0313. The molecule has 1 heterocycles. The van der Waals surface area contributed by atoms with Crippen LogP contribution in [0.4, 0.5) is 4.79 Å². The molecule has 1 rings (SSSR count). The molecule has 0 saturated carbocycles. The molecule has 16 heavy (non-hydrogen) atoms. The van der Waals surface area contributed by atoms with Gasteiger partial charge < -0.3 is 10.2 Å². The fourth-order valence-corrected chi connectivity index (χ4v) is 1.34. The Morgan fingerprint density at radius 2 is 2.19 bits per heavy atom. The third kappa shape index (κ3) is 3.88. The number of imide groups is 1. The summed E-state index contributed by atoms with van der Waals surface area (Å²) < 4.78 is 0. The molecule has 0 atom stereocenters. The van der Waals surface area contributed by atoms with E-state index < -0.39 is 6.03 Å². The predicted octanol–water partition coefficient (Wildman–Crippen LogP) is -0.299. The van der Waals surface area contributed by atoms with E-state index in [-0.39, 0.29) is 24.9 Å². The van der Waals surface area contributed by atoms with Gasteiger partial charge in [-0.3, -0.25) is 14.9 Å². The molecule has 2 N–H and O–H groups in total. The number of rotatable bonds is 5. The van der Waals surface area contributed by atoms with Crippen LogP contribution in [0.1, 0.15) is 20.3 Å². The van der Waals surface area contributed by atoms with Crippen molar-refractivity contribution in [1.82, 2.24) is 15.5 Å². The summed E-state index contributed by atoms with van der Waals surface area (Å²) in [7, 11) is 0. The van der Waals surface area contributed by atoms with Crippen LogP contribution in [0, 0.1) is 5.92 Å². The lowest BCUT2D eigenvalue weighted by molar-refractivity contribution is -0.122. The zero-order valence-electron chi connectivity index (χ0n) is 9.58. The van der Waals surface area contributed by atoms with E-state index in [1.165, 1.54) is 4.90 Å².